The van der Waals surface area contributed by atoms with Crippen LogP contribution in [0.15, 0.2) is 54.2 Å². The van der Waals surface area contributed by atoms with Crippen molar-refractivity contribution < 1.29 is 14.7 Å². The van der Waals surface area contributed by atoms with Crippen molar-refractivity contribution in [3.05, 3.63) is 59.0 Å². The van der Waals surface area contributed by atoms with Gasteiger partial charge in [-0.2, -0.15) is 0 Å². The molecule has 4 rings (SSSR count). The smallest absolute Gasteiger partial charge is 0.263 e. The van der Waals surface area contributed by atoms with Gasteiger partial charge in [0.25, 0.3) is 5.91 Å². The molecule has 29 heavy (non-hydrogen) atoms. The van der Waals surface area contributed by atoms with Gasteiger partial charge in [0.2, 0.25) is 5.91 Å². The third-order valence-electron chi connectivity index (χ3n) is 4.84. The van der Waals surface area contributed by atoms with Crippen LogP contribution in [-0.4, -0.2) is 44.9 Å². The molecule has 2 N–H and O–H groups in total. The lowest BCUT2D eigenvalue weighted by Crippen LogP contribution is -2.43. The molecule has 1 aliphatic rings. The Bertz CT molecular complexity index is 1010. The van der Waals surface area contributed by atoms with Crippen LogP contribution in [0.5, 0.6) is 5.75 Å². The summed E-state index contributed by atoms with van der Waals surface area (Å²) < 4.78 is 0. The van der Waals surface area contributed by atoms with Crippen LogP contribution in [0.2, 0.25) is 0 Å². The van der Waals surface area contributed by atoms with Crippen LogP contribution >= 0.6 is 11.3 Å². The van der Waals surface area contributed by atoms with Crippen LogP contribution in [0.3, 0.4) is 0 Å². The van der Waals surface area contributed by atoms with Gasteiger partial charge in [0.1, 0.15) is 5.75 Å². The highest BCUT2D eigenvalue weighted by molar-refractivity contribution is 7.12. The zero-order valence-electron chi connectivity index (χ0n) is 15.6. The molecule has 1 aromatic carbocycles. The van der Waals surface area contributed by atoms with E-state index in [9.17, 15) is 14.7 Å². The van der Waals surface area contributed by atoms with Gasteiger partial charge in [-0.3, -0.25) is 9.59 Å². The number of rotatable bonds is 4. The first-order chi connectivity index (χ1) is 14.1. The topological polar surface area (TPSA) is 95.4 Å². The van der Waals surface area contributed by atoms with E-state index in [1.807, 2.05) is 17.5 Å². The molecule has 0 radical (unpaired) electrons. The fourth-order valence-electron chi connectivity index (χ4n) is 3.36. The van der Waals surface area contributed by atoms with E-state index in [1.165, 1.54) is 11.3 Å². The first-order valence-corrected chi connectivity index (χ1v) is 10.2. The molecule has 1 saturated heterocycles. The van der Waals surface area contributed by atoms with Crippen molar-refractivity contribution in [2.45, 2.75) is 12.8 Å². The molecular weight excluding hydrogens is 388 g/mol. The van der Waals surface area contributed by atoms with Gasteiger partial charge < -0.3 is 15.3 Å². The van der Waals surface area contributed by atoms with E-state index in [1.54, 1.807) is 41.6 Å². The number of carbonyl (C=O) groups is 2. The number of benzene rings is 1. The molecule has 3 aromatic rings. The first kappa shape index (κ1) is 19.1. The number of phenolic OH excluding ortho intramolecular Hbond substituents is 1. The Kier molecular flexibility index (Phi) is 5.53. The molecule has 148 valence electrons. The molecule has 3 heterocycles. The average molecular weight is 408 g/mol. The van der Waals surface area contributed by atoms with Gasteiger partial charge in [0.05, 0.1) is 28.9 Å². The van der Waals surface area contributed by atoms with Crippen molar-refractivity contribution in [3.8, 4) is 17.1 Å². The van der Waals surface area contributed by atoms with Crippen LogP contribution in [0.25, 0.3) is 11.4 Å². The Balaban J connectivity index is 1.39. The highest BCUT2D eigenvalue weighted by atomic mass is 32.1. The van der Waals surface area contributed by atoms with Crippen LogP contribution in [0, 0.1) is 5.92 Å². The summed E-state index contributed by atoms with van der Waals surface area (Å²) in [5.41, 5.74) is 1.19. The number of carbonyl (C=O) groups excluding carboxylic acids is 2. The molecule has 0 bridgehead atoms. The number of anilines is 1. The standard InChI is InChI=1S/C21H20N4O3S/c26-17-6-1-4-14(10-17)19-22-11-16(12-23-19)24-20(27)15-5-2-8-25(13-15)21(28)18-7-3-9-29-18/h1,3-4,6-7,9-12,15,26H,2,5,8,13H2,(H,24,27). The second kappa shape index (κ2) is 8.40. The Labute approximate surface area is 172 Å². The summed E-state index contributed by atoms with van der Waals surface area (Å²) >= 11 is 1.41. The summed E-state index contributed by atoms with van der Waals surface area (Å²) in [6.45, 7) is 1.08. The maximum Gasteiger partial charge on any atom is 0.263 e. The molecule has 2 aromatic heterocycles. The molecule has 1 unspecified atom stereocenters. The van der Waals surface area contributed by atoms with E-state index in [0.717, 1.165) is 12.8 Å². The minimum atomic E-state index is -0.265. The van der Waals surface area contributed by atoms with Crippen molar-refractivity contribution in [2.24, 2.45) is 5.92 Å². The first-order valence-electron chi connectivity index (χ1n) is 9.35. The maximum atomic E-state index is 12.7. The molecule has 0 saturated carbocycles. The Hall–Kier alpha value is -3.26. The molecule has 0 aliphatic carbocycles. The average Bonchev–Trinajstić information content (AvgIpc) is 3.29. The monoisotopic (exact) mass is 408 g/mol. The van der Waals surface area contributed by atoms with Gasteiger partial charge in [-0.05, 0) is 36.4 Å². The number of nitrogens with one attached hydrogen (secondary N) is 1. The molecule has 0 spiro atoms. The molecule has 2 amide bonds. The molecule has 1 aliphatic heterocycles. The minimum Gasteiger partial charge on any atom is -0.508 e. The highest BCUT2D eigenvalue weighted by Gasteiger charge is 2.29. The van der Waals surface area contributed by atoms with E-state index in [4.69, 9.17) is 0 Å². The number of amides is 2. The van der Waals surface area contributed by atoms with Crippen molar-refractivity contribution in [2.75, 3.05) is 18.4 Å². The van der Waals surface area contributed by atoms with Crippen LogP contribution in [-0.2, 0) is 4.79 Å². The second-order valence-electron chi connectivity index (χ2n) is 6.90. The lowest BCUT2D eigenvalue weighted by Gasteiger charge is -2.31. The Morgan fingerprint density at radius 3 is 2.72 bits per heavy atom. The van der Waals surface area contributed by atoms with Crippen molar-refractivity contribution >= 4 is 28.8 Å². The SMILES string of the molecule is O=C(Nc1cnc(-c2cccc(O)c2)nc1)C1CCCN(C(=O)c2cccs2)C1. The molecule has 1 fully saturated rings. The zero-order chi connectivity index (χ0) is 20.2. The summed E-state index contributed by atoms with van der Waals surface area (Å²) in [6.07, 6.45) is 4.62. The normalized spacial score (nSPS) is 16.4. The molecule has 1 atom stereocenters. The lowest BCUT2D eigenvalue weighted by atomic mass is 9.97. The predicted molar refractivity (Wildman–Crippen MR) is 111 cm³/mol. The van der Waals surface area contributed by atoms with Gasteiger partial charge in [-0.25, -0.2) is 9.97 Å². The maximum absolute atomic E-state index is 12.7. The van der Waals surface area contributed by atoms with Gasteiger partial charge in [-0.1, -0.05) is 18.2 Å². The number of likely N-dealkylation sites (tertiary alicyclic amines) is 1. The van der Waals surface area contributed by atoms with E-state index >= 15 is 0 Å². The molecular formula is C21H20N4O3S. The fraction of sp³-hybridized carbons (Fsp3) is 0.238. The third kappa shape index (κ3) is 4.43. The van der Waals surface area contributed by atoms with Crippen LogP contribution < -0.4 is 5.32 Å². The van der Waals surface area contributed by atoms with Gasteiger partial charge in [0.15, 0.2) is 5.82 Å². The predicted octanol–water partition coefficient (Wildman–Crippen LogP) is 3.40. The summed E-state index contributed by atoms with van der Waals surface area (Å²) in [6, 6.07) is 10.3. The molecule has 8 heteroatoms. The number of aromatic nitrogens is 2. The van der Waals surface area contributed by atoms with E-state index in [-0.39, 0.29) is 23.5 Å². The second-order valence-corrected chi connectivity index (χ2v) is 7.85. The number of hydrogen-bond acceptors (Lipinski definition) is 6. The largest absolute Gasteiger partial charge is 0.508 e. The van der Waals surface area contributed by atoms with Gasteiger partial charge in [0, 0.05) is 18.7 Å². The van der Waals surface area contributed by atoms with E-state index in [2.05, 4.69) is 15.3 Å². The van der Waals surface area contributed by atoms with Gasteiger partial charge in [-0.15, -0.1) is 11.3 Å². The Morgan fingerprint density at radius 1 is 1.17 bits per heavy atom. The number of thiophene rings is 1. The quantitative estimate of drug-likeness (QED) is 0.690. The van der Waals surface area contributed by atoms with Crippen molar-refractivity contribution in [1.82, 2.24) is 14.9 Å². The molecule has 7 nitrogen and oxygen atoms in total. The summed E-state index contributed by atoms with van der Waals surface area (Å²) in [7, 11) is 0. The number of aromatic hydroxyl groups is 1. The number of hydrogen-bond donors (Lipinski definition) is 2. The fourth-order valence-corrected chi connectivity index (χ4v) is 4.05. The zero-order valence-corrected chi connectivity index (χ0v) is 16.4. The Morgan fingerprint density at radius 2 is 2.00 bits per heavy atom. The van der Waals surface area contributed by atoms with E-state index in [0.29, 0.717) is 35.0 Å². The lowest BCUT2D eigenvalue weighted by molar-refractivity contribution is -0.121. The van der Waals surface area contributed by atoms with E-state index < -0.39 is 0 Å². The van der Waals surface area contributed by atoms with Crippen molar-refractivity contribution in [1.29, 1.82) is 0 Å². The van der Waals surface area contributed by atoms with Crippen LogP contribution in [0.4, 0.5) is 5.69 Å². The summed E-state index contributed by atoms with van der Waals surface area (Å²) in [5, 5.41) is 14.3. The summed E-state index contributed by atoms with van der Waals surface area (Å²) in [4.78, 5) is 36.2. The number of piperidine rings is 1. The number of nitrogens with zero attached hydrogens (tertiary/aromatic N) is 3. The van der Waals surface area contributed by atoms with Crippen molar-refractivity contribution in [3.63, 3.8) is 0 Å². The minimum absolute atomic E-state index is 0.0173. The van der Waals surface area contributed by atoms with Gasteiger partial charge >= 0.3 is 0 Å². The highest BCUT2D eigenvalue weighted by Crippen LogP contribution is 2.23. The summed E-state index contributed by atoms with van der Waals surface area (Å²) in [5.74, 6) is 0.184. The number of phenols is 1. The third-order valence-corrected chi connectivity index (χ3v) is 5.69. The van der Waals surface area contributed by atoms with Crippen LogP contribution in [0.1, 0.15) is 22.5 Å².